The summed E-state index contributed by atoms with van der Waals surface area (Å²) in [5.41, 5.74) is 0. The lowest BCUT2D eigenvalue weighted by Gasteiger charge is -2.21. The normalized spacial score (nSPS) is 12.7. The monoisotopic (exact) mass is 267 g/mol. The zero-order chi connectivity index (χ0) is 13.4. The molecule has 1 unspecified atom stereocenters. The molecule has 0 fully saturated rings. The Bertz CT molecular complexity index is 324. The summed E-state index contributed by atoms with van der Waals surface area (Å²) in [5, 5.41) is 3.62. The summed E-state index contributed by atoms with van der Waals surface area (Å²) < 4.78 is 5.16. The van der Waals surface area contributed by atoms with Crippen LogP contribution in [0.4, 0.5) is 0 Å². The van der Waals surface area contributed by atoms with Gasteiger partial charge in [0.05, 0.1) is 7.11 Å². The maximum Gasteiger partial charge on any atom is 0.118 e. The summed E-state index contributed by atoms with van der Waals surface area (Å²) in [7, 11) is 1.70. The Labute approximate surface area is 116 Å². The summed E-state index contributed by atoms with van der Waals surface area (Å²) >= 11 is 1.91. The van der Waals surface area contributed by atoms with Gasteiger partial charge in [0.15, 0.2) is 0 Å². The third-order valence-corrected chi connectivity index (χ3v) is 4.08. The van der Waals surface area contributed by atoms with Gasteiger partial charge in [-0.15, -0.1) is 11.8 Å². The molecule has 0 aliphatic carbocycles. The molecule has 102 valence electrons. The van der Waals surface area contributed by atoms with E-state index in [0.717, 1.165) is 18.0 Å². The van der Waals surface area contributed by atoms with Crippen LogP contribution in [-0.2, 0) is 0 Å². The second kappa shape index (κ2) is 8.44. The van der Waals surface area contributed by atoms with E-state index in [-0.39, 0.29) is 0 Å². The van der Waals surface area contributed by atoms with E-state index in [1.807, 2.05) is 23.9 Å². The second-order valence-electron chi connectivity index (χ2n) is 4.79. The molecule has 3 heteroatoms. The number of hydrogen-bond acceptors (Lipinski definition) is 3. The molecule has 0 radical (unpaired) electrons. The van der Waals surface area contributed by atoms with Crippen LogP contribution < -0.4 is 10.1 Å². The van der Waals surface area contributed by atoms with Crippen LogP contribution in [0.3, 0.4) is 0 Å². The van der Waals surface area contributed by atoms with Crippen molar-refractivity contribution in [1.82, 2.24) is 5.32 Å². The molecule has 1 atom stereocenters. The molecule has 1 rings (SSSR count). The largest absolute Gasteiger partial charge is 0.497 e. The summed E-state index contributed by atoms with van der Waals surface area (Å²) in [5.74, 6) is 2.70. The van der Waals surface area contributed by atoms with E-state index in [4.69, 9.17) is 4.74 Å². The first-order valence-corrected chi connectivity index (χ1v) is 7.66. The lowest BCUT2D eigenvalue weighted by atomic mass is 10.1. The average molecular weight is 267 g/mol. The van der Waals surface area contributed by atoms with E-state index in [1.165, 1.54) is 11.3 Å². The second-order valence-corrected chi connectivity index (χ2v) is 5.88. The van der Waals surface area contributed by atoms with Gasteiger partial charge >= 0.3 is 0 Å². The van der Waals surface area contributed by atoms with E-state index in [1.54, 1.807) is 7.11 Å². The molecule has 0 aliphatic heterocycles. The highest BCUT2D eigenvalue weighted by atomic mass is 32.2. The summed E-state index contributed by atoms with van der Waals surface area (Å²) in [6.07, 6.45) is 1.19. The Morgan fingerprint density at radius 2 is 1.89 bits per heavy atom. The van der Waals surface area contributed by atoms with Crippen molar-refractivity contribution in [3.63, 3.8) is 0 Å². The molecule has 0 saturated carbocycles. The minimum atomic E-state index is 0.581. The highest BCUT2D eigenvalue weighted by molar-refractivity contribution is 7.99. The van der Waals surface area contributed by atoms with Gasteiger partial charge in [-0.25, -0.2) is 0 Å². The predicted molar refractivity (Wildman–Crippen MR) is 80.6 cm³/mol. The summed E-state index contributed by atoms with van der Waals surface area (Å²) in [4.78, 5) is 1.31. The van der Waals surface area contributed by atoms with Gasteiger partial charge in [0, 0.05) is 16.7 Å². The molecule has 1 aromatic rings. The van der Waals surface area contributed by atoms with Crippen LogP contribution >= 0.6 is 11.8 Å². The fourth-order valence-electron chi connectivity index (χ4n) is 1.67. The Morgan fingerprint density at radius 1 is 1.22 bits per heavy atom. The lowest BCUT2D eigenvalue weighted by molar-refractivity contribution is 0.414. The number of nitrogens with one attached hydrogen (secondary N) is 1. The minimum Gasteiger partial charge on any atom is -0.497 e. The van der Waals surface area contributed by atoms with Crippen LogP contribution in [0, 0.1) is 5.92 Å². The fraction of sp³-hybridized carbons (Fsp3) is 0.600. The van der Waals surface area contributed by atoms with Crippen LogP contribution in [0.1, 0.15) is 27.2 Å². The maximum absolute atomic E-state index is 5.16. The Kier molecular flexibility index (Phi) is 7.21. The molecule has 0 saturated heterocycles. The van der Waals surface area contributed by atoms with Crippen molar-refractivity contribution in [2.75, 3.05) is 19.4 Å². The van der Waals surface area contributed by atoms with Gasteiger partial charge in [-0.1, -0.05) is 20.8 Å². The van der Waals surface area contributed by atoms with Crippen LogP contribution in [0.5, 0.6) is 5.75 Å². The van der Waals surface area contributed by atoms with E-state index in [0.29, 0.717) is 12.0 Å². The van der Waals surface area contributed by atoms with E-state index in [2.05, 4.69) is 38.2 Å². The standard InChI is InChI=1S/C15H25NOS/c1-5-10-16-15(12(2)3)11-18-14-8-6-13(17-4)7-9-14/h6-9,12,15-16H,5,10-11H2,1-4H3. The molecule has 1 aromatic carbocycles. The molecule has 0 aromatic heterocycles. The van der Waals surface area contributed by atoms with Crippen molar-refractivity contribution in [3.05, 3.63) is 24.3 Å². The summed E-state index contributed by atoms with van der Waals surface area (Å²) in [6.45, 7) is 7.87. The van der Waals surface area contributed by atoms with Crippen molar-refractivity contribution in [2.45, 2.75) is 38.1 Å². The molecule has 0 bridgehead atoms. The molecular weight excluding hydrogens is 242 g/mol. The van der Waals surface area contributed by atoms with Crippen LogP contribution in [-0.4, -0.2) is 25.4 Å². The van der Waals surface area contributed by atoms with Crippen molar-refractivity contribution in [2.24, 2.45) is 5.92 Å². The lowest BCUT2D eigenvalue weighted by Crippen LogP contribution is -2.36. The van der Waals surface area contributed by atoms with Crippen molar-refractivity contribution < 1.29 is 4.74 Å². The first kappa shape index (κ1) is 15.4. The van der Waals surface area contributed by atoms with Gasteiger partial charge in [-0.2, -0.15) is 0 Å². The van der Waals surface area contributed by atoms with Gasteiger partial charge in [0.1, 0.15) is 5.75 Å². The number of benzene rings is 1. The smallest absolute Gasteiger partial charge is 0.118 e. The molecule has 18 heavy (non-hydrogen) atoms. The van der Waals surface area contributed by atoms with Crippen molar-refractivity contribution >= 4 is 11.8 Å². The summed E-state index contributed by atoms with van der Waals surface area (Å²) in [6, 6.07) is 8.87. The minimum absolute atomic E-state index is 0.581. The fourth-order valence-corrected chi connectivity index (χ4v) is 2.88. The van der Waals surface area contributed by atoms with E-state index in [9.17, 15) is 0 Å². The third kappa shape index (κ3) is 5.32. The number of hydrogen-bond donors (Lipinski definition) is 1. The van der Waals surface area contributed by atoms with Crippen LogP contribution in [0.15, 0.2) is 29.2 Å². The van der Waals surface area contributed by atoms with Crippen LogP contribution in [0.2, 0.25) is 0 Å². The Balaban J connectivity index is 2.44. The molecule has 0 aliphatic rings. The SMILES string of the molecule is CCCNC(CSc1ccc(OC)cc1)C(C)C. The predicted octanol–water partition coefficient (Wildman–Crippen LogP) is 3.81. The molecule has 0 amide bonds. The zero-order valence-electron chi connectivity index (χ0n) is 11.9. The average Bonchev–Trinajstić information content (AvgIpc) is 2.39. The maximum atomic E-state index is 5.16. The van der Waals surface area contributed by atoms with Gasteiger partial charge in [-0.3, -0.25) is 0 Å². The number of methoxy groups -OCH3 is 1. The molecular formula is C15H25NOS. The van der Waals surface area contributed by atoms with E-state index >= 15 is 0 Å². The topological polar surface area (TPSA) is 21.3 Å². The first-order valence-electron chi connectivity index (χ1n) is 6.67. The molecule has 0 heterocycles. The van der Waals surface area contributed by atoms with Crippen molar-refractivity contribution in [3.8, 4) is 5.75 Å². The molecule has 2 nitrogen and oxygen atoms in total. The van der Waals surface area contributed by atoms with Gasteiger partial charge in [0.2, 0.25) is 0 Å². The Morgan fingerprint density at radius 3 is 2.39 bits per heavy atom. The third-order valence-electron chi connectivity index (χ3n) is 2.95. The zero-order valence-corrected chi connectivity index (χ0v) is 12.7. The van der Waals surface area contributed by atoms with Gasteiger partial charge in [-0.05, 0) is 43.1 Å². The van der Waals surface area contributed by atoms with Crippen molar-refractivity contribution in [1.29, 1.82) is 0 Å². The number of ether oxygens (including phenoxy) is 1. The molecule has 0 spiro atoms. The van der Waals surface area contributed by atoms with Crippen LogP contribution in [0.25, 0.3) is 0 Å². The number of rotatable bonds is 8. The first-order chi connectivity index (χ1) is 8.67. The van der Waals surface area contributed by atoms with E-state index < -0.39 is 0 Å². The highest BCUT2D eigenvalue weighted by Gasteiger charge is 2.12. The number of thioether (sulfide) groups is 1. The Hall–Kier alpha value is -0.670. The van der Waals surface area contributed by atoms with Gasteiger partial charge in [0.25, 0.3) is 0 Å². The highest BCUT2D eigenvalue weighted by Crippen LogP contribution is 2.23. The molecule has 1 N–H and O–H groups in total. The quantitative estimate of drug-likeness (QED) is 0.724. The van der Waals surface area contributed by atoms with Gasteiger partial charge < -0.3 is 10.1 Å².